The van der Waals surface area contributed by atoms with Gasteiger partial charge in [-0.05, 0) is 41.0 Å². The highest BCUT2D eigenvalue weighted by Crippen LogP contribution is 2.03. The van der Waals surface area contributed by atoms with E-state index in [9.17, 15) is 0 Å². The van der Waals surface area contributed by atoms with Gasteiger partial charge in [-0.25, -0.2) is 4.98 Å². The van der Waals surface area contributed by atoms with Crippen LogP contribution >= 0.6 is 0 Å². The lowest BCUT2D eigenvalue weighted by Gasteiger charge is -2.18. The summed E-state index contributed by atoms with van der Waals surface area (Å²) in [6, 6.07) is 0.469. The fourth-order valence-electron chi connectivity index (χ4n) is 1.69. The van der Waals surface area contributed by atoms with Gasteiger partial charge in [-0.3, -0.25) is 4.68 Å². The Morgan fingerprint density at radius 3 is 2.81 bits per heavy atom. The summed E-state index contributed by atoms with van der Waals surface area (Å²) >= 11 is 0. The lowest BCUT2D eigenvalue weighted by Crippen LogP contribution is -2.32. The zero-order chi connectivity index (χ0) is 12.0. The normalized spacial score (nSPS) is 13.3. The second-order valence-corrected chi connectivity index (χ2v) is 4.27. The molecule has 1 unspecified atom stereocenters. The minimum atomic E-state index is 0.469. The van der Waals surface area contributed by atoms with Crippen molar-refractivity contribution in [2.75, 3.05) is 27.7 Å². The number of aryl methyl sites for hydroxylation is 1. The van der Waals surface area contributed by atoms with E-state index in [1.807, 2.05) is 11.7 Å². The van der Waals surface area contributed by atoms with Gasteiger partial charge in [0, 0.05) is 19.0 Å². The Bertz CT molecular complexity index is 294. The summed E-state index contributed by atoms with van der Waals surface area (Å²) in [6.07, 6.45) is 3.70. The minimum absolute atomic E-state index is 0.469. The lowest BCUT2D eigenvalue weighted by atomic mass is 10.1. The molecule has 0 radical (unpaired) electrons. The van der Waals surface area contributed by atoms with Crippen LogP contribution in [0.15, 0.2) is 6.33 Å². The zero-order valence-corrected chi connectivity index (χ0v) is 10.8. The molecule has 0 bridgehead atoms. The Morgan fingerprint density at radius 1 is 1.50 bits per heavy atom. The first-order valence-electron chi connectivity index (χ1n) is 5.86. The molecule has 16 heavy (non-hydrogen) atoms. The largest absolute Gasteiger partial charge is 0.317 e. The standard InChI is InChI=1S/C11H23N5/c1-5-16-11(13-9-14-16)8-10(12-2)6-7-15(3)4/h9-10,12H,5-8H2,1-4H3. The maximum Gasteiger partial charge on any atom is 0.138 e. The molecule has 0 aromatic carbocycles. The second kappa shape index (κ2) is 6.60. The van der Waals surface area contributed by atoms with Crippen LogP contribution in [0.3, 0.4) is 0 Å². The molecule has 1 aromatic heterocycles. The van der Waals surface area contributed by atoms with Crippen LogP contribution in [-0.2, 0) is 13.0 Å². The molecule has 0 aliphatic rings. The molecule has 0 saturated carbocycles. The Labute approximate surface area is 97.9 Å². The first-order chi connectivity index (χ1) is 7.67. The first-order valence-corrected chi connectivity index (χ1v) is 5.86. The third-order valence-electron chi connectivity index (χ3n) is 2.76. The highest BCUT2D eigenvalue weighted by molar-refractivity contribution is 4.89. The molecule has 0 fully saturated rings. The van der Waals surface area contributed by atoms with Crippen LogP contribution in [0.25, 0.3) is 0 Å². The van der Waals surface area contributed by atoms with Crippen molar-refractivity contribution >= 4 is 0 Å². The number of hydrogen-bond donors (Lipinski definition) is 1. The third-order valence-corrected chi connectivity index (χ3v) is 2.76. The number of aromatic nitrogens is 3. The molecule has 0 aliphatic carbocycles. The predicted molar refractivity (Wildman–Crippen MR) is 65.4 cm³/mol. The number of nitrogens with zero attached hydrogens (tertiary/aromatic N) is 4. The SMILES string of the molecule is CCn1ncnc1CC(CCN(C)C)NC. The molecule has 1 heterocycles. The van der Waals surface area contributed by atoms with Gasteiger partial charge in [-0.2, -0.15) is 5.10 Å². The number of hydrogen-bond acceptors (Lipinski definition) is 4. The highest BCUT2D eigenvalue weighted by Gasteiger charge is 2.11. The Balaban J connectivity index is 2.49. The van der Waals surface area contributed by atoms with Crippen molar-refractivity contribution < 1.29 is 0 Å². The Kier molecular flexibility index (Phi) is 5.42. The molecular weight excluding hydrogens is 202 g/mol. The Hall–Kier alpha value is -0.940. The van der Waals surface area contributed by atoms with E-state index >= 15 is 0 Å². The number of likely N-dealkylation sites (N-methyl/N-ethyl adjacent to an activating group) is 1. The van der Waals surface area contributed by atoms with Gasteiger partial charge in [0.05, 0.1) is 0 Å². The summed E-state index contributed by atoms with van der Waals surface area (Å²) in [5, 5.41) is 7.52. The van der Waals surface area contributed by atoms with Crippen LogP contribution in [0.2, 0.25) is 0 Å². The van der Waals surface area contributed by atoms with Crippen molar-refractivity contribution in [1.29, 1.82) is 0 Å². The first kappa shape index (κ1) is 13.1. The monoisotopic (exact) mass is 225 g/mol. The van der Waals surface area contributed by atoms with E-state index in [2.05, 4.69) is 41.3 Å². The summed E-state index contributed by atoms with van der Waals surface area (Å²) in [7, 11) is 6.20. The van der Waals surface area contributed by atoms with Gasteiger partial charge < -0.3 is 10.2 Å². The van der Waals surface area contributed by atoms with E-state index in [4.69, 9.17) is 0 Å². The molecule has 92 valence electrons. The fourth-order valence-corrected chi connectivity index (χ4v) is 1.69. The fraction of sp³-hybridized carbons (Fsp3) is 0.818. The van der Waals surface area contributed by atoms with Crippen molar-refractivity contribution in [1.82, 2.24) is 25.0 Å². The average Bonchev–Trinajstić information content (AvgIpc) is 2.70. The summed E-state index contributed by atoms with van der Waals surface area (Å²) in [5.74, 6) is 1.07. The van der Waals surface area contributed by atoms with Gasteiger partial charge in [-0.15, -0.1) is 0 Å². The van der Waals surface area contributed by atoms with Crippen molar-refractivity contribution in [3.8, 4) is 0 Å². The van der Waals surface area contributed by atoms with Gasteiger partial charge in [0.25, 0.3) is 0 Å². The lowest BCUT2D eigenvalue weighted by molar-refractivity contribution is 0.360. The van der Waals surface area contributed by atoms with E-state index in [0.29, 0.717) is 6.04 Å². The van der Waals surface area contributed by atoms with Crippen LogP contribution in [0.4, 0.5) is 0 Å². The van der Waals surface area contributed by atoms with Crippen molar-refractivity contribution in [3.05, 3.63) is 12.2 Å². The van der Waals surface area contributed by atoms with Crippen molar-refractivity contribution in [3.63, 3.8) is 0 Å². The van der Waals surface area contributed by atoms with Gasteiger partial charge >= 0.3 is 0 Å². The molecule has 1 atom stereocenters. The van der Waals surface area contributed by atoms with Gasteiger partial charge in [0.15, 0.2) is 0 Å². The summed E-state index contributed by atoms with van der Waals surface area (Å²) in [5.41, 5.74) is 0. The summed E-state index contributed by atoms with van der Waals surface area (Å²) in [4.78, 5) is 6.50. The molecule has 0 aliphatic heterocycles. The second-order valence-electron chi connectivity index (χ2n) is 4.27. The minimum Gasteiger partial charge on any atom is -0.317 e. The third kappa shape index (κ3) is 3.90. The molecule has 5 heteroatoms. The molecule has 0 amide bonds. The van der Waals surface area contributed by atoms with Crippen LogP contribution in [0.5, 0.6) is 0 Å². The van der Waals surface area contributed by atoms with E-state index in [1.54, 1.807) is 6.33 Å². The average molecular weight is 225 g/mol. The number of rotatable bonds is 7. The maximum atomic E-state index is 4.30. The van der Waals surface area contributed by atoms with Gasteiger partial charge in [0.1, 0.15) is 12.2 Å². The van der Waals surface area contributed by atoms with Crippen LogP contribution in [-0.4, -0.2) is 53.4 Å². The quantitative estimate of drug-likeness (QED) is 0.729. The van der Waals surface area contributed by atoms with Gasteiger partial charge in [0.2, 0.25) is 0 Å². The molecule has 5 nitrogen and oxygen atoms in total. The van der Waals surface area contributed by atoms with Crippen LogP contribution < -0.4 is 5.32 Å². The molecule has 1 aromatic rings. The zero-order valence-electron chi connectivity index (χ0n) is 10.8. The van der Waals surface area contributed by atoms with Crippen molar-refractivity contribution in [2.45, 2.75) is 32.4 Å². The number of nitrogens with one attached hydrogen (secondary N) is 1. The van der Waals surface area contributed by atoms with Crippen LogP contribution in [0.1, 0.15) is 19.2 Å². The van der Waals surface area contributed by atoms with E-state index in [1.165, 1.54) is 0 Å². The Morgan fingerprint density at radius 2 is 2.25 bits per heavy atom. The smallest absolute Gasteiger partial charge is 0.138 e. The highest BCUT2D eigenvalue weighted by atomic mass is 15.3. The molecule has 0 saturated heterocycles. The maximum absolute atomic E-state index is 4.30. The predicted octanol–water partition coefficient (Wildman–Crippen LogP) is 0.380. The van der Waals surface area contributed by atoms with Gasteiger partial charge in [-0.1, -0.05) is 0 Å². The molecule has 1 rings (SSSR count). The molecular formula is C11H23N5. The van der Waals surface area contributed by atoms with E-state index in [0.717, 1.165) is 31.8 Å². The topological polar surface area (TPSA) is 46.0 Å². The molecule has 1 N–H and O–H groups in total. The summed E-state index contributed by atoms with van der Waals surface area (Å²) in [6.45, 7) is 4.07. The van der Waals surface area contributed by atoms with E-state index in [-0.39, 0.29) is 0 Å². The van der Waals surface area contributed by atoms with Crippen molar-refractivity contribution in [2.24, 2.45) is 0 Å². The molecule has 0 spiro atoms. The summed E-state index contributed by atoms with van der Waals surface area (Å²) < 4.78 is 1.96. The van der Waals surface area contributed by atoms with Crippen LogP contribution in [0, 0.1) is 0 Å². The van der Waals surface area contributed by atoms with E-state index < -0.39 is 0 Å².